The van der Waals surface area contributed by atoms with E-state index in [0.29, 0.717) is 25.0 Å². The molecule has 4 aromatic rings. The van der Waals surface area contributed by atoms with E-state index in [1.165, 1.54) is 4.31 Å². The molecule has 47 heavy (non-hydrogen) atoms. The summed E-state index contributed by atoms with van der Waals surface area (Å²) in [5, 5.41) is 1.80. The molecule has 1 aliphatic heterocycles. The van der Waals surface area contributed by atoms with Crippen LogP contribution in [0.25, 0.3) is 0 Å². The fourth-order valence-electron chi connectivity index (χ4n) is 6.59. The van der Waals surface area contributed by atoms with E-state index in [4.69, 9.17) is 13.9 Å². The third-order valence-corrected chi connectivity index (χ3v) is 15.8. The Hall–Kier alpha value is -3.60. The topological polar surface area (TPSA) is 82.1 Å². The number of sulfonamides is 1. The van der Waals surface area contributed by atoms with Crippen LogP contribution in [0.1, 0.15) is 56.5 Å². The van der Waals surface area contributed by atoms with E-state index >= 15 is 0 Å². The van der Waals surface area contributed by atoms with Crippen LogP contribution in [0.2, 0.25) is 5.04 Å². The highest BCUT2D eigenvalue weighted by Crippen LogP contribution is 2.39. The number of rotatable bonds is 11. The molecule has 7 nitrogen and oxygen atoms in total. The van der Waals surface area contributed by atoms with E-state index in [0.717, 1.165) is 15.9 Å². The van der Waals surface area contributed by atoms with Crippen LogP contribution >= 0.6 is 0 Å². The van der Waals surface area contributed by atoms with Gasteiger partial charge in [-0.2, -0.15) is 4.31 Å². The molecule has 1 fully saturated rings. The molecule has 0 spiro atoms. The second-order valence-corrected chi connectivity index (χ2v) is 19.1. The van der Waals surface area contributed by atoms with Crippen LogP contribution in [-0.2, 0) is 23.9 Å². The Kier molecular flexibility index (Phi) is 10.8. The molecule has 1 saturated heterocycles. The van der Waals surface area contributed by atoms with Gasteiger partial charge in [0, 0.05) is 6.61 Å². The van der Waals surface area contributed by atoms with Gasteiger partial charge in [-0.1, -0.05) is 117 Å². The number of esters is 1. The number of benzene rings is 4. The van der Waals surface area contributed by atoms with Crippen molar-refractivity contribution in [1.82, 2.24) is 4.31 Å². The van der Waals surface area contributed by atoms with Gasteiger partial charge in [-0.3, -0.25) is 0 Å². The van der Waals surface area contributed by atoms with Gasteiger partial charge in [0.15, 0.2) is 0 Å². The molecule has 3 atom stereocenters. The van der Waals surface area contributed by atoms with Crippen molar-refractivity contribution in [3.8, 4) is 0 Å². The molecule has 9 heteroatoms. The molecule has 0 aromatic heterocycles. The van der Waals surface area contributed by atoms with E-state index in [-0.39, 0.29) is 16.5 Å². The molecule has 0 radical (unpaired) electrons. The first-order valence-corrected chi connectivity index (χ1v) is 19.6. The quantitative estimate of drug-likeness (QED) is 0.137. The summed E-state index contributed by atoms with van der Waals surface area (Å²) in [7, 11) is -7.20. The maximum Gasteiger partial charge on any atom is 0.338 e. The normalized spacial score (nSPS) is 19.3. The van der Waals surface area contributed by atoms with Gasteiger partial charge in [0.05, 0.1) is 23.1 Å². The van der Waals surface area contributed by atoms with Crippen molar-refractivity contribution >= 4 is 34.7 Å². The predicted molar refractivity (Wildman–Crippen MR) is 188 cm³/mol. The summed E-state index contributed by atoms with van der Waals surface area (Å²) in [6, 6.07) is 35.2. The van der Waals surface area contributed by atoms with Crippen molar-refractivity contribution in [2.45, 2.75) is 75.8 Å². The molecule has 4 aromatic carbocycles. The minimum Gasteiger partial charge on any atom is -0.457 e. The number of carbonyl (C=O) groups excluding carboxylic acids is 1. The molecule has 0 N–H and O–H groups in total. The number of ether oxygens (including phenoxy) is 2. The predicted octanol–water partition coefficient (Wildman–Crippen LogP) is 6.31. The first-order chi connectivity index (χ1) is 22.5. The lowest BCUT2D eigenvalue weighted by Crippen LogP contribution is -2.68. The average molecular weight is 672 g/mol. The molecule has 0 amide bonds. The van der Waals surface area contributed by atoms with E-state index in [9.17, 15) is 13.2 Å². The summed E-state index contributed by atoms with van der Waals surface area (Å²) in [5.41, 5.74) is 1.35. The smallest absolute Gasteiger partial charge is 0.338 e. The van der Waals surface area contributed by atoms with Crippen LogP contribution in [0.3, 0.4) is 0 Å². The van der Waals surface area contributed by atoms with Crippen molar-refractivity contribution in [2.24, 2.45) is 0 Å². The summed E-state index contributed by atoms with van der Waals surface area (Å²) >= 11 is 0. The monoisotopic (exact) mass is 671 g/mol. The number of carbonyl (C=O) groups is 1. The van der Waals surface area contributed by atoms with Crippen LogP contribution in [0, 0.1) is 6.92 Å². The lowest BCUT2D eigenvalue weighted by Gasteiger charge is -2.47. The van der Waals surface area contributed by atoms with Gasteiger partial charge in [-0.15, -0.1) is 0 Å². The van der Waals surface area contributed by atoms with Gasteiger partial charge < -0.3 is 13.9 Å². The highest BCUT2D eigenvalue weighted by molar-refractivity contribution is 7.89. The lowest BCUT2D eigenvalue weighted by molar-refractivity contribution is -0.104. The SMILES string of the molecule is CCO[C@@H]1CC[C@@H](OC(=O)c2ccccc2)[C@H](CO[Si](c2ccccc2)(c2ccccc2)C(C)(C)C)N1S(=O)(=O)c1ccc(C)cc1. The molecular weight excluding hydrogens is 627 g/mol. The van der Waals surface area contributed by atoms with Crippen molar-refractivity contribution in [3.63, 3.8) is 0 Å². The summed E-state index contributed by atoms with van der Waals surface area (Å²) in [6.45, 7) is 10.6. The molecule has 0 unspecified atom stereocenters. The Morgan fingerprint density at radius 1 is 0.809 bits per heavy atom. The van der Waals surface area contributed by atoms with E-state index in [1.807, 2.05) is 56.3 Å². The van der Waals surface area contributed by atoms with Gasteiger partial charge in [0.2, 0.25) is 10.0 Å². The van der Waals surface area contributed by atoms with E-state index in [1.54, 1.807) is 48.5 Å². The van der Waals surface area contributed by atoms with Crippen LogP contribution in [0.5, 0.6) is 0 Å². The number of piperidine rings is 1. The Morgan fingerprint density at radius 2 is 1.34 bits per heavy atom. The zero-order chi connectivity index (χ0) is 33.7. The highest BCUT2D eigenvalue weighted by atomic mass is 32.2. The maximum atomic E-state index is 14.6. The molecule has 1 heterocycles. The fourth-order valence-corrected chi connectivity index (χ4v) is 12.9. The number of nitrogens with zero attached hydrogens (tertiary/aromatic N) is 1. The van der Waals surface area contributed by atoms with E-state index < -0.39 is 42.7 Å². The molecule has 0 saturated carbocycles. The average Bonchev–Trinajstić information content (AvgIpc) is 3.07. The van der Waals surface area contributed by atoms with Crippen molar-refractivity contribution in [2.75, 3.05) is 13.2 Å². The van der Waals surface area contributed by atoms with Gasteiger partial charge in [0.1, 0.15) is 12.3 Å². The highest BCUT2D eigenvalue weighted by Gasteiger charge is 2.53. The summed E-state index contributed by atoms with van der Waals surface area (Å²) in [5.74, 6) is -0.506. The third-order valence-electron chi connectivity index (χ3n) is 8.85. The summed E-state index contributed by atoms with van der Waals surface area (Å²) < 4.78 is 50.3. The van der Waals surface area contributed by atoms with Gasteiger partial charge in [-0.25, -0.2) is 13.2 Å². The van der Waals surface area contributed by atoms with E-state index in [2.05, 4.69) is 45.0 Å². The fraction of sp³-hybridized carbons (Fsp3) is 0.342. The van der Waals surface area contributed by atoms with Gasteiger partial charge >= 0.3 is 5.97 Å². The molecule has 1 aliphatic rings. The zero-order valence-electron chi connectivity index (χ0n) is 27.8. The van der Waals surface area contributed by atoms with Crippen LogP contribution < -0.4 is 10.4 Å². The first-order valence-electron chi connectivity index (χ1n) is 16.2. The Balaban J connectivity index is 1.64. The number of aryl methyl sites for hydroxylation is 1. The minimum atomic E-state index is -4.11. The standard InChI is InChI=1S/C38H45NO6SSi/c1-6-43-36-27-26-35(45-37(40)30-16-10-7-11-17-30)34(39(36)46(41,42)31-24-22-29(2)23-25-31)28-44-47(38(3,4)5,32-18-12-8-13-19-32)33-20-14-9-15-21-33/h7-25,34-36H,6,26-28H2,1-5H3/t34-,35+,36+/m0/s1. The van der Waals surface area contributed by atoms with Crippen molar-refractivity contribution in [3.05, 3.63) is 126 Å². The summed E-state index contributed by atoms with van der Waals surface area (Å²) in [4.78, 5) is 13.6. The molecule has 0 bridgehead atoms. The van der Waals surface area contributed by atoms with Gasteiger partial charge in [0.25, 0.3) is 8.32 Å². The van der Waals surface area contributed by atoms with Crippen LogP contribution in [0.15, 0.2) is 120 Å². The van der Waals surface area contributed by atoms with Gasteiger partial charge in [-0.05, 0) is 66.4 Å². The second kappa shape index (κ2) is 14.7. The lowest BCUT2D eigenvalue weighted by atomic mass is 10.00. The molecule has 5 rings (SSSR count). The van der Waals surface area contributed by atoms with Crippen molar-refractivity contribution in [1.29, 1.82) is 0 Å². The van der Waals surface area contributed by atoms with Crippen molar-refractivity contribution < 1.29 is 27.1 Å². The molecule has 248 valence electrons. The maximum absolute atomic E-state index is 14.6. The Bertz CT molecular complexity index is 1670. The first kappa shape index (κ1) is 34.7. The Labute approximate surface area is 280 Å². The zero-order valence-corrected chi connectivity index (χ0v) is 29.7. The number of hydrogen-bond donors (Lipinski definition) is 0. The summed E-state index contributed by atoms with van der Waals surface area (Å²) in [6.07, 6.45) is -0.761. The third kappa shape index (κ3) is 7.29. The largest absolute Gasteiger partial charge is 0.457 e. The molecular formula is C38H45NO6SSi. The minimum absolute atomic E-state index is 0.00528. The van der Waals surface area contributed by atoms with Crippen LogP contribution in [0.4, 0.5) is 0 Å². The number of hydrogen-bond acceptors (Lipinski definition) is 6. The molecule has 0 aliphatic carbocycles. The van der Waals surface area contributed by atoms with Crippen LogP contribution in [-0.4, -0.2) is 58.6 Å². The second-order valence-electron chi connectivity index (χ2n) is 13.0. The Morgan fingerprint density at radius 3 is 1.85 bits per heavy atom.